The number of ether oxygens (including phenoxy) is 1. The molecule has 0 saturated heterocycles. The van der Waals surface area contributed by atoms with Crippen LogP contribution in [-0.2, 0) is 32.6 Å². The number of nitrogens with one attached hydrogen (secondary N) is 1. The quantitative estimate of drug-likeness (QED) is 0.707. The summed E-state index contributed by atoms with van der Waals surface area (Å²) in [5.41, 5.74) is 6.65. The molecule has 8 heteroatoms. The summed E-state index contributed by atoms with van der Waals surface area (Å²) in [6.07, 6.45) is 4.67. The predicted octanol–water partition coefficient (Wildman–Crippen LogP) is 3.08. The van der Waals surface area contributed by atoms with Crippen LogP contribution < -0.4 is 11.1 Å². The Morgan fingerprint density at radius 3 is 2.48 bits per heavy atom. The Hall–Kier alpha value is -2.74. The number of amides is 2. The molecule has 152 valence electrons. The van der Waals surface area contributed by atoms with Crippen molar-refractivity contribution in [1.82, 2.24) is 0 Å². The molecular formula is C21H21FN2O4S. The third-order valence-corrected chi connectivity index (χ3v) is 6.96. The Morgan fingerprint density at radius 1 is 1.14 bits per heavy atom. The highest BCUT2D eigenvalue weighted by atomic mass is 32.1. The molecule has 0 unspecified atom stereocenters. The molecule has 1 aromatic heterocycles. The molecule has 0 aliphatic heterocycles. The molecule has 2 amide bonds. The normalized spacial score (nSPS) is 16.6. The molecule has 2 aliphatic rings. The molecule has 2 aliphatic carbocycles. The zero-order chi connectivity index (χ0) is 20.6. The van der Waals surface area contributed by atoms with Crippen LogP contribution in [0.15, 0.2) is 24.3 Å². The molecule has 3 N–H and O–H groups in total. The number of hydrogen-bond acceptors (Lipinski definition) is 5. The van der Waals surface area contributed by atoms with Crippen LogP contribution in [0, 0.1) is 5.82 Å². The molecule has 2 aromatic rings. The van der Waals surface area contributed by atoms with Gasteiger partial charge in [0.2, 0.25) is 0 Å². The van der Waals surface area contributed by atoms with E-state index in [1.807, 2.05) is 0 Å². The maximum atomic E-state index is 13.2. The topological polar surface area (TPSA) is 98.5 Å². The number of benzene rings is 1. The fourth-order valence-electron chi connectivity index (χ4n) is 4.09. The summed E-state index contributed by atoms with van der Waals surface area (Å²) in [4.78, 5) is 37.9. The number of primary amides is 1. The Balaban J connectivity index is 1.42. The number of carbonyl (C=O) groups excluding carboxylic acids is 3. The number of esters is 1. The maximum absolute atomic E-state index is 13.2. The number of rotatable bonds is 6. The van der Waals surface area contributed by atoms with Gasteiger partial charge in [-0.05, 0) is 55.4 Å². The van der Waals surface area contributed by atoms with E-state index in [0.29, 0.717) is 29.0 Å². The molecule has 29 heavy (non-hydrogen) atoms. The zero-order valence-corrected chi connectivity index (χ0v) is 16.6. The van der Waals surface area contributed by atoms with Crippen LogP contribution >= 0.6 is 11.3 Å². The molecular weight excluding hydrogens is 395 g/mol. The van der Waals surface area contributed by atoms with E-state index in [0.717, 1.165) is 36.1 Å². The van der Waals surface area contributed by atoms with Crippen molar-refractivity contribution >= 4 is 34.1 Å². The van der Waals surface area contributed by atoms with Crippen LogP contribution in [0.1, 0.15) is 52.0 Å². The van der Waals surface area contributed by atoms with E-state index < -0.39 is 29.8 Å². The Kier molecular flexibility index (Phi) is 5.12. The van der Waals surface area contributed by atoms with Gasteiger partial charge in [0, 0.05) is 4.88 Å². The van der Waals surface area contributed by atoms with Crippen LogP contribution in [0.2, 0.25) is 0 Å². The molecule has 4 rings (SSSR count). The first kappa shape index (κ1) is 19.6. The van der Waals surface area contributed by atoms with Crippen molar-refractivity contribution in [1.29, 1.82) is 0 Å². The van der Waals surface area contributed by atoms with Gasteiger partial charge in [-0.25, -0.2) is 4.39 Å². The Morgan fingerprint density at radius 2 is 1.86 bits per heavy atom. The van der Waals surface area contributed by atoms with Gasteiger partial charge in [0.25, 0.3) is 11.8 Å². The van der Waals surface area contributed by atoms with Crippen LogP contribution in [0.4, 0.5) is 9.39 Å². The van der Waals surface area contributed by atoms with Gasteiger partial charge < -0.3 is 15.8 Å². The average Bonchev–Trinajstić information content (AvgIpc) is 3.21. The summed E-state index contributed by atoms with van der Waals surface area (Å²) in [6.45, 7) is -0.456. The van der Waals surface area contributed by atoms with Crippen molar-refractivity contribution in [2.24, 2.45) is 5.73 Å². The van der Waals surface area contributed by atoms with Gasteiger partial charge in [-0.3, -0.25) is 14.4 Å². The van der Waals surface area contributed by atoms with Crippen LogP contribution in [0.3, 0.4) is 0 Å². The second-order valence-corrected chi connectivity index (χ2v) is 8.60. The van der Waals surface area contributed by atoms with Crippen molar-refractivity contribution in [2.45, 2.75) is 43.9 Å². The summed E-state index contributed by atoms with van der Waals surface area (Å²) in [5.74, 6) is -1.95. The summed E-state index contributed by atoms with van der Waals surface area (Å²) >= 11 is 1.35. The first-order chi connectivity index (χ1) is 13.9. The third-order valence-electron chi connectivity index (χ3n) is 5.75. The lowest BCUT2D eigenvalue weighted by molar-refractivity contribution is -0.156. The van der Waals surface area contributed by atoms with E-state index in [9.17, 15) is 18.8 Å². The summed E-state index contributed by atoms with van der Waals surface area (Å²) < 4.78 is 18.5. The number of thiophene rings is 1. The standard InChI is InChI=1S/C21H21FN2O4S/c22-13-7-5-12(6-8-13)21(9-2-10-21)20(27)28-11-16(25)24-19-17(18(23)26)14-3-1-4-15(14)29-19/h5-8H,1-4,9-11H2,(H2,23,26)(H,24,25). The largest absolute Gasteiger partial charge is 0.455 e. The van der Waals surface area contributed by atoms with E-state index in [-0.39, 0.29) is 5.82 Å². The molecule has 1 saturated carbocycles. The molecule has 0 radical (unpaired) electrons. The molecule has 1 heterocycles. The number of aryl methyl sites for hydroxylation is 1. The van der Waals surface area contributed by atoms with Gasteiger partial charge in [-0.15, -0.1) is 11.3 Å². The smallest absolute Gasteiger partial charge is 0.317 e. The lowest BCUT2D eigenvalue weighted by Gasteiger charge is -2.39. The van der Waals surface area contributed by atoms with Gasteiger partial charge in [-0.1, -0.05) is 18.6 Å². The number of fused-ring (bicyclic) bond motifs is 1. The SMILES string of the molecule is NC(=O)c1c(NC(=O)COC(=O)C2(c3ccc(F)cc3)CCC2)sc2c1CCC2. The van der Waals surface area contributed by atoms with E-state index in [1.54, 1.807) is 12.1 Å². The highest BCUT2D eigenvalue weighted by Gasteiger charge is 2.47. The predicted molar refractivity (Wildman–Crippen MR) is 106 cm³/mol. The first-order valence-electron chi connectivity index (χ1n) is 9.58. The zero-order valence-electron chi connectivity index (χ0n) is 15.8. The van der Waals surface area contributed by atoms with Crippen LogP contribution in [0.25, 0.3) is 0 Å². The lowest BCUT2D eigenvalue weighted by atomic mass is 9.64. The highest BCUT2D eigenvalue weighted by Crippen LogP contribution is 2.45. The molecule has 0 atom stereocenters. The molecule has 6 nitrogen and oxygen atoms in total. The van der Waals surface area contributed by atoms with E-state index in [4.69, 9.17) is 10.5 Å². The van der Waals surface area contributed by atoms with Gasteiger partial charge >= 0.3 is 5.97 Å². The minimum Gasteiger partial charge on any atom is -0.455 e. The van der Waals surface area contributed by atoms with Crippen molar-refractivity contribution in [3.63, 3.8) is 0 Å². The van der Waals surface area contributed by atoms with Gasteiger partial charge in [-0.2, -0.15) is 0 Å². The lowest BCUT2D eigenvalue weighted by Crippen LogP contribution is -2.44. The number of carbonyl (C=O) groups is 3. The molecule has 0 spiro atoms. The maximum Gasteiger partial charge on any atom is 0.317 e. The third kappa shape index (κ3) is 3.53. The second kappa shape index (κ2) is 7.59. The minimum atomic E-state index is -0.823. The van der Waals surface area contributed by atoms with E-state index in [2.05, 4.69) is 5.32 Å². The Labute approximate surface area is 171 Å². The summed E-state index contributed by atoms with van der Waals surface area (Å²) in [7, 11) is 0. The number of hydrogen-bond donors (Lipinski definition) is 2. The van der Waals surface area contributed by atoms with Gasteiger partial charge in [0.05, 0.1) is 11.0 Å². The first-order valence-corrected chi connectivity index (χ1v) is 10.4. The van der Waals surface area contributed by atoms with Gasteiger partial charge in [0.15, 0.2) is 6.61 Å². The summed E-state index contributed by atoms with van der Waals surface area (Å²) in [5, 5.41) is 3.08. The molecule has 0 bridgehead atoms. The second-order valence-electron chi connectivity index (χ2n) is 7.49. The van der Waals surface area contributed by atoms with Crippen LogP contribution in [-0.4, -0.2) is 24.4 Å². The van der Waals surface area contributed by atoms with Crippen molar-refractivity contribution in [3.8, 4) is 0 Å². The highest BCUT2D eigenvalue weighted by molar-refractivity contribution is 7.17. The fraction of sp³-hybridized carbons (Fsp3) is 0.381. The minimum absolute atomic E-state index is 0.365. The van der Waals surface area contributed by atoms with Crippen molar-refractivity contribution in [2.75, 3.05) is 11.9 Å². The van der Waals surface area contributed by atoms with Crippen molar-refractivity contribution in [3.05, 3.63) is 51.7 Å². The molecule has 1 fully saturated rings. The Bertz CT molecular complexity index is 979. The van der Waals surface area contributed by atoms with E-state index in [1.165, 1.54) is 23.5 Å². The molecule has 1 aromatic carbocycles. The monoisotopic (exact) mass is 416 g/mol. The van der Waals surface area contributed by atoms with Gasteiger partial charge in [0.1, 0.15) is 10.8 Å². The number of halogens is 1. The van der Waals surface area contributed by atoms with E-state index >= 15 is 0 Å². The van der Waals surface area contributed by atoms with Crippen LogP contribution in [0.5, 0.6) is 0 Å². The number of anilines is 1. The summed E-state index contributed by atoms with van der Waals surface area (Å²) in [6, 6.07) is 5.80. The van der Waals surface area contributed by atoms with Crippen molar-refractivity contribution < 1.29 is 23.5 Å². The average molecular weight is 416 g/mol. The fourth-order valence-corrected chi connectivity index (χ4v) is 5.41. The number of nitrogens with two attached hydrogens (primary N) is 1.